The van der Waals surface area contributed by atoms with Crippen molar-refractivity contribution in [2.45, 2.75) is 112 Å². The molecule has 0 aromatic heterocycles. The maximum Gasteiger partial charge on any atom is 0.0587 e. The molecule has 1 nitrogen and oxygen atoms in total. The average Bonchev–Trinajstić information content (AvgIpc) is 3.18. The Labute approximate surface area is 219 Å². The first-order valence-electron chi connectivity index (χ1n) is 14.1. The Hall–Kier alpha value is -1.52. The zero-order chi connectivity index (χ0) is 27.0. The highest BCUT2D eigenvalue weighted by Gasteiger charge is 2.61. The van der Waals surface area contributed by atoms with Crippen LogP contribution in [0.15, 0.2) is 49.1 Å². The first-order valence-corrected chi connectivity index (χ1v) is 14.1. The van der Waals surface area contributed by atoms with Crippen LogP contribution in [0.2, 0.25) is 0 Å². The van der Waals surface area contributed by atoms with Gasteiger partial charge in [-0.1, -0.05) is 84.4 Å². The summed E-state index contributed by atoms with van der Waals surface area (Å²) in [6, 6.07) is 0. The third kappa shape index (κ3) is 6.83. The van der Waals surface area contributed by atoms with Crippen molar-refractivity contribution in [3.63, 3.8) is 0 Å². The summed E-state index contributed by atoms with van der Waals surface area (Å²) < 4.78 is 0. The van der Waals surface area contributed by atoms with E-state index >= 15 is 0 Å². The van der Waals surface area contributed by atoms with Crippen LogP contribution >= 0.6 is 0 Å². The van der Waals surface area contributed by atoms with Crippen LogP contribution in [0.5, 0.6) is 0 Å². The largest absolute Gasteiger partial charge is 0.393 e. The first-order chi connectivity index (χ1) is 16.5. The molecule has 3 fully saturated rings. The lowest BCUT2D eigenvalue weighted by molar-refractivity contribution is -0.108. The van der Waals surface area contributed by atoms with E-state index in [0.717, 1.165) is 31.1 Å². The van der Waals surface area contributed by atoms with Crippen LogP contribution in [0.4, 0.5) is 0 Å². The third-order valence-corrected chi connectivity index (χ3v) is 9.13. The topological polar surface area (TPSA) is 20.2 Å². The van der Waals surface area contributed by atoms with E-state index in [4.69, 9.17) is 0 Å². The fourth-order valence-corrected chi connectivity index (χ4v) is 8.00. The van der Waals surface area contributed by atoms with Crippen molar-refractivity contribution in [1.82, 2.24) is 0 Å². The van der Waals surface area contributed by atoms with E-state index in [1.807, 2.05) is 19.9 Å². The summed E-state index contributed by atoms with van der Waals surface area (Å²) in [7, 11) is 0. The molecule has 198 valence electrons. The number of rotatable bonds is 3. The summed E-state index contributed by atoms with van der Waals surface area (Å²) in [5.41, 5.74) is 3.61. The fraction of sp³-hybridized carbons (Fsp3) is 0.706. The molecule has 4 aliphatic rings. The van der Waals surface area contributed by atoms with Gasteiger partial charge in [-0.2, -0.15) is 0 Å². The van der Waals surface area contributed by atoms with Gasteiger partial charge in [0.15, 0.2) is 0 Å². The highest BCUT2D eigenvalue weighted by Crippen LogP contribution is 2.67. The summed E-state index contributed by atoms with van der Waals surface area (Å²) in [6.45, 7) is 27.6. The molecule has 7 atom stereocenters. The summed E-state index contributed by atoms with van der Waals surface area (Å²) in [4.78, 5) is 0. The number of terminal acetylenes is 1. The molecule has 4 aliphatic carbocycles. The molecule has 35 heavy (non-hydrogen) atoms. The number of fused-ring (bicyclic) bond motifs is 5. The molecule has 1 N–H and O–H groups in total. The average molecular weight is 481 g/mol. The van der Waals surface area contributed by atoms with Gasteiger partial charge in [0.25, 0.3) is 0 Å². The van der Waals surface area contributed by atoms with Crippen molar-refractivity contribution in [2.24, 2.45) is 39.9 Å². The van der Waals surface area contributed by atoms with E-state index in [1.54, 1.807) is 5.57 Å². The van der Waals surface area contributed by atoms with Crippen LogP contribution in [-0.4, -0.2) is 11.2 Å². The minimum absolute atomic E-state index is 0.173. The lowest BCUT2D eigenvalue weighted by Gasteiger charge is -2.59. The third-order valence-electron chi connectivity index (χ3n) is 9.13. The van der Waals surface area contributed by atoms with Gasteiger partial charge in [0, 0.05) is 0 Å². The Kier molecular flexibility index (Phi) is 11.8. The van der Waals surface area contributed by atoms with Crippen LogP contribution in [0.3, 0.4) is 0 Å². The Balaban J connectivity index is 0.000000684. The van der Waals surface area contributed by atoms with Gasteiger partial charge in [0.2, 0.25) is 0 Å². The zero-order valence-corrected chi connectivity index (χ0v) is 24.2. The second kappa shape index (κ2) is 13.1. The predicted molar refractivity (Wildman–Crippen MR) is 156 cm³/mol. The molecule has 0 amide bonds. The van der Waals surface area contributed by atoms with Gasteiger partial charge in [-0.05, 0) is 97.7 Å². The molecule has 0 aromatic rings. The van der Waals surface area contributed by atoms with Crippen molar-refractivity contribution in [3.05, 3.63) is 49.1 Å². The highest BCUT2D eigenvalue weighted by molar-refractivity contribution is 5.34. The highest BCUT2D eigenvalue weighted by atomic mass is 16.3. The van der Waals surface area contributed by atoms with Crippen molar-refractivity contribution in [2.75, 3.05) is 0 Å². The number of aliphatic hydroxyl groups is 1. The molecule has 0 spiro atoms. The van der Waals surface area contributed by atoms with E-state index in [9.17, 15) is 5.11 Å². The molecule has 0 bridgehead atoms. The molecule has 0 aromatic carbocycles. The quantitative estimate of drug-likeness (QED) is 0.315. The molecule has 0 aliphatic heterocycles. The van der Waals surface area contributed by atoms with Crippen molar-refractivity contribution < 1.29 is 5.11 Å². The maximum atomic E-state index is 11.4. The number of hydrogen-bond acceptors (Lipinski definition) is 1. The van der Waals surface area contributed by atoms with E-state index in [2.05, 4.69) is 79.4 Å². The summed E-state index contributed by atoms with van der Waals surface area (Å²) in [5.74, 6) is 2.59. The van der Waals surface area contributed by atoms with Crippen LogP contribution < -0.4 is 0 Å². The zero-order valence-electron chi connectivity index (χ0n) is 24.2. The van der Waals surface area contributed by atoms with Crippen molar-refractivity contribution in [3.8, 4) is 12.8 Å². The van der Waals surface area contributed by atoms with Crippen LogP contribution in [-0.2, 0) is 0 Å². The molecule has 0 radical (unpaired) electrons. The van der Waals surface area contributed by atoms with Crippen molar-refractivity contribution in [1.29, 1.82) is 0 Å². The van der Waals surface area contributed by atoms with Gasteiger partial charge in [-0.15, -0.1) is 26.0 Å². The lowest BCUT2D eigenvalue weighted by Crippen LogP contribution is -2.55. The SMILES string of the molecule is C#C.C=CC12CC(O)C3C(CCC4=CC(=C)CCC43C)C1C[C@@H](CC(C)(C)C)C2.C=CCC.CC. The Bertz CT molecular complexity index is 761. The normalized spacial score (nSPS) is 37.1. The predicted octanol–water partition coefficient (Wildman–Crippen LogP) is 9.55. The van der Waals surface area contributed by atoms with Gasteiger partial charge in [-0.25, -0.2) is 0 Å². The fourth-order valence-electron chi connectivity index (χ4n) is 8.00. The van der Waals surface area contributed by atoms with E-state index in [0.29, 0.717) is 17.3 Å². The molecule has 0 saturated heterocycles. The lowest BCUT2D eigenvalue weighted by atomic mass is 9.46. The van der Waals surface area contributed by atoms with E-state index in [-0.39, 0.29) is 16.9 Å². The van der Waals surface area contributed by atoms with Crippen LogP contribution in [0.25, 0.3) is 0 Å². The second-order valence-electron chi connectivity index (χ2n) is 12.6. The minimum atomic E-state index is -0.183. The minimum Gasteiger partial charge on any atom is -0.393 e. The second-order valence-corrected chi connectivity index (χ2v) is 12.6. The molecule has 6 unspecified atom stereocenters. The number of hydrogen-bond donors (Lipinski definition) is 1. The van der Waals surface area contributed by atoms with E-state index in [1.165, 1.54) is 44.1 Å². The van der Waals surface area contributed by atoms with Gasteiger partial charge in [0.05, 0.1) is 6.10 Å². The standard InChI is InChI=1S/C26H40O.C4H8.C2H6.C2H2/c1-7-26-15-18(14-24(3,4)5)13-21(26)20-9-8-19-12-17(2)10-11-25(19,6)23(20)22(27)16-26;1-3-4-2;2*1-2/h7,12,18,20-23,27H,1-2,8-11,13-16H2,3-6H3;3H,1,4H2,2H3;1-2H3;1-2H/t18-,20?,21?,22?,23?,25?,26?;;;/m0.../s1. The van der Waals surface area contributed by atoms with Crippen LogP contribution in [0.1, 0.15) is 106 Å². The maximum absolute atomic E-state index is 11.4. The van der Waals surface area contributed by atoms with Gasteiger partial charge < -0.3 is 5.11 Å². The smallest absolute Gasteiger partial charge is 0.0587 e. The number of aliphatic hydroxyl groups excluding tert-OH is 1. The molecular formula is C34H56O. The number of allylic oxidation sites excluding steroid dienone is 5. The van der Waals surface area contributed by atoms with Crippen LogP contribution in [0, 0.1) is 52.8 Å². The summed E-state index contributed by atoms with van der Waals surface area (Å²) in [6.07, 6.45) is 25.0. The molecule has 3 saturated carbocycles. The Morgan fingerprint density at radius 2 is 1.74 bits per heavy atom. The first kappa shape index (κ1) is 31.5. The summed E-state index contributed by atoms with van der Waals surface area (Å²) >= 11 is 0. The van der Waals surface area contributed by atoms with E-state index < -0.39 is 0 Å². The van der Waals surface area contributed by atoms with Gasteiger partial charge in [0.1, 0.15) is 0 Å². The Morgan fingerprint density at radius 3 is 2.26 bits per heavy atom. The van der Waals surface area contributed by atoms with Gasteiger partial charge in [-0.3, -0.25) is 0 Å². The molecular weight excluding hydrogens is 424 g/mol. The monoisotopic (exact) mass is 480 g/mol. The van der Waals surface area contributed by atoms with Gasteiger partial charge >= 0.3 is 0 Å². The molecule has 1 heteroatoms. The Morgan fingerprint density at radius 1 is 1.14 bits per heavy atom. The molecule has 4 rings (SSSR count). The molecule has 0 heterocycles. The summed E-state index contributed by atoms with van der Waals surface area (Å²) in [5, 5.41) is 11.4. The van der Waals surface area contributed by atoms with Crippen molar-refractivity contribution >= 4 is 0 Å².